The fourth-order valence-corrected chi connectivity index (χ4v) is 1.52. The van der Waals surface area contributed by atoms with Crippen molar-refractivity contribution in [2.24, 2.45) is 0 Å². The van der Waals surface area contributed by atoms with Crippen LogP contribution in [0.2, 0.25) is 0 Å². The Kier molecular flexibility index (Phi) is 2.31. The lowest BCUT2D eigenvalue weighted by atomic mass is 10.2. The SMILES string of the molecule is CC(C)c1noc(C2CCCN2)n1. The second-order valence-corrected chi connectivity index (χ2v) is 3.79. The van der Waals surface area contributed by atoms with Gasteiger partial charge in [0.2, 0.25) is 5.89 Å². The Morgan fingerprint density at radius 3 is 2.92 bits per heavy atom. The van der Waals surface area contributed by atoms with Gasteiger partial charge in [0, 0.05) is 5.92 Å². The minimum Gasteiger partial charge on any atom is -0.338 e. The molecule has 1 atom stereocenters. The van der Waals surface area contributed by atoms with Crippen molar-refractivity contribution in [3.63, 3.8) is 0 Å². The quantitative estimate of drug-likeness (QED) is 0.753. The molecule has 0 bridgehead atoms. The maximum atomic E-state index is 5.19. The van der Waals surface area contributed by atoms with E-state index >= 15 is 0 Å². The fraction of sp³-hybridized carbons (Fsp3) is 0.778. The molecular formula is C9H15N3O. The summed E-state index contributed by atoms with van der Waals surface area (Å²) in [6.07, 6.45) is 2.31. The van der Waals surface area contributed by atoms with Crippen LogP contribution in [0.15, 0.2) is 4.52 Å². The van der Waals surface area contributed by atoms with Gasteiger partial charge in [-0.15, -0.1) is 0 Å². The zero-order chi connectivity index (χ0) is 9.26. The first-order valence-electron chi connectivity index (χ1n) is 4.84. The third-order valence-electron chi connectivity index (χ3n) is 2.33. The van der Waals surface area contributed by atoms with E-state index in [0.29, 0.717) is 12.0 Å². The van der Waals surface area contributed by atoms with Crippen LogP contribution in [0.4, 0.5) is 0 Å². The number of hydrogen-bond acceptors (Lipinski definition) is 4. The van der Waals surface area contributed by atoms with Gasteiger partial charge >= 0.3 is 0 Å². The van der Waals surface area contributed by atoms with Gasteiger partial charge in [0.15, 0.2) is 5.82 Å². The standard InChI is InChI=1S/C9H15N3O/c1-6(2)8-11-9(13-12-8)7-4-3-5-10-7/h6-7,10H,3-5H2,1-2H3. The molecule has 1 aromatic rings. The van der Waals surface area contributed by atoms with Crippen LogP contribution in [0.1, 0.15) is 50.4 Å². The van der Waals surface area contributed by atoms with E-state index in [4.69, 9.17) is 4.52 Å². The second kappa shape index (κ2) is 3.46. The summed E-state index contributed by atoms with van der Waals surface area (Å²) in [5, 5.41) is 7.26. The largest absolute Gasteiger partial charge is 0.338 e. The van der Waals surface area contributed by atoms with Gasteiger partial charge in [-0.05, 0) is 19.4 Å². The summed E-state index contributed by atoms with van der Waals surface area (Å²) in [5.74, 6) is 1.91. The lowest BCUT2D eigenvalue weighted by molar-refractivity contribution is 0.340. The van der Waals surface area contributed by atoms with Crippen molar-refractivity contribution in [3.8, 4) is 0 Å². The molecule has 0 aromatic carbocycles. The summed E-state index contributed by atoms with van der Waals surface area (Å²) >= 11 is 0. The van der Waals surface area contributed by atoms with E-state index in [1.54, 1.807) is 0 Å². The molecule has 13 heavy (non-hydrogen) atoms. The van der Waals surface area contributed by atoms with Crippen molar-refractivity contribution in [1.29, 1.82) is 0 Å². The van der Waals surface area contributed by atoms with Crippen molar-refractivity contribution in [2.45, 2.75) is 38.6 Å². The maximum Gasteiger partial charge on any atom is 0.243 e. The molecule has 1 fully saturated rings. The normalized spacial score (nSPS) is 22.8. The van der Waals surface area contributed by atoms with E-state index in [0.717, 1.165) is 24.7 Å². The van der Waals surface area contributed by atoms with Gasteiger partial charge in [-0.3, -0.25) is 0 Å². The van der Waals surface area contributed by atoms with E-state index in [-0.39, 0.29) is 0 Å². The van der Waals surface area contributed by atoms with Crippen LogP contribution in [0.25, 0.3) is 0 Å². The third kappa shape index (κ3) is 1.72. The van der Waals surface area contributed by atoms with Gasteiger partial charge in [-0.2, -0.15) is 4.98 Å². The van der Waals surface area contributed by atoms with Crippen LogP contribution in [-0.4, -0.2) is 16.7 Å². The molecule has 0 aliphatic carbocycles. The molecule has 0 spiro atoms. The molecule has 0 saturated carbocycles. The van der Waals surface area contributed by atoms with E-state index in [1.165, 1.54) is 6.42 Å². The van der Waals surface area contributed by atoms with Gasteiger partial charge in [0.05, 0.1) is 6.04 Å². The average Bonchev–Trinajstić information content (AvgIpc) is 2.75. The van der Waals surface area contributed by atoms with E-state index < -0.39 is 0 Å². The molecule has 1 aromatic heterocycles. The molecule has 2 heterocycles. The number of rotatable bonds is 2. The topological polar surface area (TPSA) is 51.0 Å². The van der Waals surface area contributed by atoms with Crippen molar-refractivity contribution in [1.82, 2.24) is 15.5 Å². The molecule has 4 nitrogen and oxygen atoms in total. The monoisotopic (exact) mass is 181 g/mol. The highest BCUT2D eigenvalue weighted by atomic mass is 16.5. The van der Waals surface area contributed by atoms with Crippen LogP contribution in [0.3, 0.4) is 0 Å². The molecule has 4 heteroatoms. The third-order valence-corrected chi connectivity index (χ3v) is 2.33. The van der Waals surface area contributed by atoms with Gasteiger partial charge in [-0.1, -0.05) is 19.0 Å². The Morgan fingerprint density at radius 2 is 2.38 bits per heavy atom. The molecule has 1 saturated heterocycles. The second-order valence-electron chi connectivity index (χ2n) is 3.79. The maximum absolute atomic E-state index is 5.19. The Morgan fingerprint density at radius 1 is 1.54 bits per heavy atom. The van der Waals surface area contributed by atoms with Gasteiger partial charge in [0.25, 0.3) is 0 Å². The molecule has 1 aliphatic rings. The number of nitrogens with one attached hydrogen (secondary N) is 1. The highest BCUT2D eigenvalue weighted by Gasteiger charge is 2.22. The van der Waals surface area contributed by atoms with Crippen LogP contribution < -0.4 is 5.32 Å². The fourth-order valence-electron chi connectivity index (χ4n) is 1.52. The van der Waals surface area contributed by atoms with E-state index in [9.17, 15) is 0 Å². The smallest absolute Gasteiger partial charge is 0.243 e. The van der Waals surface area contributed by atoms with Crippen molar-refractivity contribution >= 4 is 0 Å². The highest BCUT2D eigenvalue weighted by molar-refractivity contribution is 4.97. The molecule has 0 amide bonds. The summed E-state index contributed by atoms with van der Waals surface area (Å²) in [4.78, 5) is 4.35. The minimum atomic E-state index is 0.292. The van der Waals surface area contributed by atoms with Crippen LogP contribution >= 0.6 is 0 Å². The predicted octanol–water partition coefficient (Wildman–Crippen LogP) is 1.62. The predicted molar refractivity (Wildman–Crippen MR) is 48.4 cm³/mol. The first-order chi connectivity index (χ1) is 6.27. The van der Waals surface area contributed by atoms with Crippen molar-refractivity contribution in [2.75, 3.05) is 6.54 Å². The lowest BCUT2D eigenvalue weighted by Gasteiger charge is -2.01. The highest BCUT2D eigenvalue weighted by Crippen LogP contribution is 2.22. The molecule has 72 valence electrons. The Balaban J connectivity index is 2.12. The zero-order valence-corrected chi connectivity index (χ0v) is 8.08. The molecular weight excluding hydrogens is 166 g/mol. The van der Waals surface area contributed by atoms with Gasteiger partial charge in [-0.25, -0.2) is 0 Å². The summed E-state index contributed by atoms with van der Waals surface area (Å²) in [7, 11) is 0. The number of aromatic nitrogens is 2. The van der Waals surface area contributed by atoms with E-state index in [2.05, 4.69) is 29.3 Å². The van der Waals surface area contributed by atoms with E-state index in [1.807, 2.05) is 0 Å². The summed E-state index contributed by atoms with van der Waals surface area (Å²) < 4.78 is 5.19. The summed E-state index contributed by atoms with van der Waals surface area (Å²) in [6.45, 7) is 5.19. The lowest BCUT2D eigenvalue weighted by Crippen LogP contribution is -2.13. The van der Waals surface area contributed by atoms with Gasteiger partial charge < -0.3 is 9.84 Å². The van der Waals surface area contributed by atoms with Crippen molar-refractivity contribution < 1.29 is 4.52 Å². The summed E-state index contributed by atoms with van der Waals surface area (Å²) in [6, 6.07) is 0.292. The molecule has 2 rings (SSSR count). The van der Waals surface area contributed by atoms with Gasteiger partial charge in [0.1, 0.15) is 0 Å². The number of nitrogens with zero attached hydrogens (tertiary/aromatic N) is 2. The summed E-state index contributed by atoms with van der Waals surface area (Å²) in [5.41, 5.74) is 0. The molecule has 1 N–H and O–H groups in total. The zero-order valence-electron chi connectivity index (χ0n) is 8.08. The van der Waals surface area contributed by atoms with Crippen LogP contribution in [-0.2, 0) is 0 Å². The average molecular weight is 181 g/mol. The van der Waals surface area contributed by atoms with Crippen LogP contribution in [0, 0.1) is 0 Å². The first-order valence-corrected chi connectivity index (χ1v) is 4.84. The molecule has 1 aliphatic heterocycles. The Bertz CT molecular complexity index is 276. The Labute approximate surface area is 77.7 Å². The first kappa shape index (κ1) is 8.69. The Hall–Kier alpha value is -0.900. The number of hydrogen-bond donors (Lipinski definition) is 1. The molecule has 0 radical (unpaired) electrons. The van der Waals surface area contributed by atoms with Crippen molar-refractivity contribution in [3.05, 3.63) is 11.7 Å². The minimum absolute atomic E-state index is 0.292. The molecule has 1 unspecified atom stereocenters. The van der Waals surface area contributed by atoms with Crippen LogP contribution in [0.5, 0.6) is 0 Å².